The molecule has 0 aromatic heterocycles. The summed E-state index contributed by atoms with van der Waals surface area (Å²) in [6.45, 7) is 6.88. The summed E-state index contributed by atoms with van der Waals surface area (Å²) < 4.78 is 5.43. The van der Waals surface area contributed by atoms with Crippen molar-refractivity contribution in [1.29, 1.82) is 0 Å². The fourth-order valence-electron chi connectivity index (χ4n) is 2.53. The number of methoxy groups -OCH3 is 1. The molecular weight excluding hydrogens is 401 g/mol. The van der Waals surface area contributed by atoms with Gasteiger partial charge in [0.1, 0.15) is 5.75 Å². The number of benzene rings is 1. The molecule has 1 aromatic carbocycles. The molecule has 0 aliphatic heterocycles. The summed E-state index contributed by atoms with van der Waals surface area (Å²) >= 11 is 0. The molecule has 1 aliphatic rings. The number of ether oxygens (including phenoxy) is 1. The SMILES string of the molecule is CCNC(=NCCC1CC1)NCCc1cc(C)ccc1OC.I. The highest BCUT2D eigenvalue weighted by molar-refractivity contribution is 14.0. The van der Waals surface area contributed by atoms with Gasteiger partial charge in [-0.05, 0) is 44.2 Å². The second-order valence-corrected chi connectivity index (χ2v) is 5.98. The first kappa shape index (κ1) is 20.1. The molecule has 130 valence electrons. The molecule has 23 heavy (non-hydrogen) atoms. The van der Waals surface area contributed by atoms with Crippen LogP contribution in [0.1, 0.15) is 37.3 Å². The van der Waals surface area contributed by atoms with Crippen molar-refractivity contribution in [1.82, 2.24) is 10.6 Å². The van der Waals surface area contributed by atoms with E-state index in [-0.39, 0.29) is 24.0 Å². The largest absolute Gasteiger partial charge is 0.496 e. The van der Waals surface area contributed by atoms with Crippen LogP contribution in [0, 0.1) is 12.8 Å². The summed E-state index contributed by atoms with van der Waals surface area (Å²) in [5, 5.41) is 6.73. The molecule has 4 nitrogen and oxygen atoms in total. The lowest BCUT2D eigenvalue weighted by atomic mass is 10.1. The van der Waals surface area contributed by atoms with Crippen LogP contribution < -0.4 is 15.4 Å². The van der Waals surface area contributed by atoms with E-state index >= 15 is 0 Å². The number of hydrogen-bond acceptors (Lipinski definition) is 2. The number of aliphatic imine (C=N–C) groups is 1. The number of nitrogens with one attached hydrogen (secondary N) is 2. The molecule has 1 aliphatic carbocycles. The molecule has 1 saturated carbocycles. The van der Waals surface area contributed by atoms with Crippen molar-refractivity contribution in [2.24, 2.45) is 10.9 Å². The Kier molecular flexibility index (Phi) is 9.36. The van der Waals surface area contributed by atoms with Gasteiger partial charge in [-0.3, -0.25) is 4.99 Å². The number of halogens is 1. The van der Waals surface area contributed by atoms with E-state index in [4.69, 9.17) is 4.74 Å². The zero-order chi connectivity index (χ0) is 15.8. The monoisotopic (exact) mass is 431 g/mol. The lowest BCUT2D eigenvalue weighted by Gasteiger charge is -2.13. The maximum Gasteiger partial charge on any atom is 0.191 e. The van der Waals surface area contributed by atoms with Crippen LogP contribution in [0.15, 0.2) is 23.2 Å². The molecule has 0 unspecified atom stereocenters. The maximum atomic E-state index is 5.43. The number of nitrogens with zero attached hydrogens (tertiary/aromatic N) is 1. The molecule has 2 rings (SSSR count). The van der Waals surface area contributed by atoms with Crippen LogP contribution in [0.2, 0.25) is 0 Å². The highest BCUT2D eigenvalue weighted by Gasteiger charge is 2.20. The van der Waals surface area contributed by atoms with E-state index in [0.717, 1.165) is 43.7 Å². The van der Waals surface area contributed by atoms with Gasteiger partial charge in [-0.15, -0.1) is 24.0 Å². The Morgan fingerprint density at radius 2 is 2.09 bits per heavy atom. The predicted molar refractivity (Wildman–Crippen MR) is 108 cm³/mol. The average Bonchev–Trinajstić information content (AvgIpc) is 3.32. The summed E-state index contributed by atoms with van der Waals surface area (Å²) in [4.78, 5) is 4.65. The van der Waals surface area contributed by atoms with Crippen LogP contribution in [0.3, 0.4) is 0 Å². The maximum absolute atomic E-state index is 5.43. The van der Waals surface area contributed by atoms with Crippen molar-refractivity contribution in [3.05, 3.63) is 29.3 Å². The third kappa shape index (κ3) is 7.42. The van der Waals surface area contributed by atoms with Crippen LogP contribution >= 0.6 is 24.0 Å². The van der Waals surface area contributed by atoms with E-state index in [1.807, 2.05) is 6.07 Å². The van der Waals surface area contributed by atoms with E-state index in [1.165, 1.54) is 30.4 Å². The van der Waals surface area contributed by atoms with E-state index in [0.29, 0.717) is 0 Å². The van der Waals surface area contributed by atoms with Gasteiger partial charge in [0.15, 0.2) is 5.96 Å². The zero-order valence-electron chi connectivity index (χ0n) is 14.5. The topological polar surface area (TPSA) is 45.7 Å². The summed E-state index contributed by atoms with van der Waals surface area (Å²) in [7, 11) is 1.73. The summed E-state index contributed by atoms with van der Waals surface area (Å²) in [5.74, 6) is 2.82. The van der Waals surface area contributed by atoms with Crippen molar-refractivity contribution in [3.8, 4) is 5.75 Å². The van der Waals surface area contributed by atoms with E-state index < -0.39 is 0 Å². The van der Waals surface area contributed by atoms with Gasteiger partial charge >= 0.3 is 0 Å². The Balaban J connectivity index is 0.00000264. The van der Waals surface area contributed by atoms with Crippen molar-refractivity contribution in [2.75, 3.05) is 26.7 Å². The lowest BCUT2D eigenvalue weighted by Crippen LogP contribution is -2.38. The van der Waals surface area contributed by atoms with Gasteiger partial charge in [0.25, 0.3) is 0 Å². The second-order valence-electron chi connectivity index (χ2n) is 5.98. The van der Waals surface area contributed by atoms with Crippen molar-refractivity contribution < 1.29 is 4.74 Å². The lowest BCUT2D eigenvalue weighted by molar-refractivity contribution is 0.409. The molecule has 0 amide bonds. The zero-order valence-corrected chi connectivity index (χ0v) is 16.9. The van der Waals surface area contributed by atoms with Crippen LogP contribution in [-0.4, -0.2) is 32.7 Å². The van der Waals surface area contributed by atoms with Gasteiger partial charge in [0.05, 0.1) is 7.11 Å². The molecule has 2 N–H and O–H groups in total. The Morgan fingerprint density at radius 3 is 2.74 bits per heavy atom. The molecule has 0 saturated heterocycles. The average molecular weight is 431 g/mol. The minimum absolute atomic E-state index is 0. The van der Waals surface area contributed by atoms with Crippen molar-refractivity contribution >= 4 is 29.9 Å². The minimum Gasteiger partial charge on any atom is -0.496 e. The van der Waals surface area contributed by atoms with Crippen LogP contribution in [0.4, 0.5) is 0 Å². The fourth-order valence-corrected chi connectivity index (χ4v) is 2.53. The Morgan fingerprint density at radius 1 is 1.30 bits per heavy atom. The second kappa shape index (κ2) is 10.7. The van der Waals surface area contributed by atoms with Crippen LogP contribution in [-0.2, 0) is 6.42 Å². The predicted octanol–water partition coefficient (Wildman–Crippen LogP) is 3.52. The normalized spacial score (nSPS) is 14.1. The minimum atomic E-state index is 0. The first-order chi connectivity index (χ1) is 10.7. The molecule has 0 bridgehead atoms. The highest BCUT2D eigenvalue weighted by atomic mass is 127. The van der Waals surface area contributed by atoms with Gasteiger partial charge in [-0.2, -0.15) is 0 Å². The van der Waals surface area contributed by atoms with Crippen LogP contribution in [0.25, 0.3) is 0 Å². The first-order valence-electron chi connectivity index (χ1n) is 8.38. The number of aryl methyl sites for hydroxylation is 1. The van der Waals surface area contributed by atoms with Gasteiger partial charge < -0.3 is 15.4 Å². The number of guanidine groups is 1. The van der Waals surface area contributed by atoms with E-state index in [2.05, 4.69) is 41.6 Å². The van der Waals surface area contributed by atoms with Crippen molar-refractivity contribution in [3.63, 3.8) is 0 Å². The smallest absolute Gasteiger partial charge is 0.191 e. The molecule has 0 heterocycles. The summed E-state index contributed by atoms with van der Waals surface area (Å²) in [5.41, 5.74) is 2.50. The van der Waals surface area contributed by atoms with Gasteiger partial charge in [0, 0.05) is 19.6 Å². The Labute approximate surface area is 157 Å². The fraction of sp³-hybridized carbons (Fsp3) is 0.611. The van der Waals surface area contributed by atoms with Crippen molar-refractivity contribution in [2.45, 2.75) is 39.5 Å². The molecular formula is C18H30IN3O. The molecule has 5 heteroatoms. The third-order valence-electron chi connectivity index (χ3n) is 3.97. The van der Waals surface area contributed by atoms with Crippen LogP contribution in [0.5, 0.6) is 5.75 Å². The highest BCUT2D eigenvalue weighted by Crippen LogP contribution is 2.32. The molecule has 1 aromatic rings. The molecule has 0 atom stereocenters. The molecule has 0 radical (unpaired) electrons. The summed E-state index contributed by atoms with van der Waals surface area (Å²) in [6.07, 6.45) is 4.94. The molecule has 1 fully saturated rings. The number of rotatable bonds is 8. The Bertz CT molecular complexity index is 501. The van der Waals surface area contributed by atoms with Gasteiger partial charge in [0.2, 0.25) is 0 Å². The summed E-state index contributed by atoms with van der Waals surface area (Å²) in [6, 6.07) is 6.32. The Hall–Kier alpha value is -0.980. The third-order valence-corrected chi connectivity index (χ3v) is 3.97. The molecule has 0 spiro atoms. The van der Waals surface area contributed by atoms with E-state index in [1.54, 1.807) is 7.11 Å². The number of hydrogen-bond donors (Lipinski definition) is 2. The quantitative estimate of drug-likeness (QED) is 0.376. The van der Waals surface area contributed by atoms with Gasteiger partial charge in [-0.25, -0.2) is 0 Å². The van der Waals surface area contributed by atoms with Gasteiger partial charge in [-0.1, -0.05) is 30.5 Å². The first-order valence-corrected chi connectivity index (χ1v) is 8.38. The standard InChI is InChI=1S/C18H29N3O.HI/c1-4-19-18(20-11-9-15-6-7-15)21-12-10-16-13-14(2)5-8-17(16)22-3;/h5,8,13,15H,4,6-7,9-12H2,1-3H3,(H2,19,20,21);1H. The van der Waals surface area contributed by atoms with E-state index in [9.17, 15) is 0 Å².